The zero-order valence-corrected chi connectivity index (χ0v) is 11.9. The van der Waals surface area contributed by atoms with Gasteiger partial charge in [-0.1, -0.05) is 0 Å². The summed E-state index contributed by atoms with van der Waals surface area (Å²) in [5.41, 5.74) is 0.211. The lowest BCUT2D eigenvalue weighted by atomic mass is 10.2. The second kappa shape index (κ2) is 5.08. The molecule has 0 bridgehead atoms. The number of hydrogen-bond donors (Lipinski definition) is 0. The van der Waals surface area contributed by atoms with Gasteiger partial charge in [0.25, 0.3) is 5.56 Å². The molecule has 0 aliphatic carbocycles. The van der Waals surface area contributed by atoms with Gasteiger partial charge in [0.2, 0.25) is 0 Å². The first-order valence-corrected chi connectivity index (χ1v) is 6.73. The first-order valence-electron chi connectivity index (χ1n) is 6.73. The average Bonchev–Trinajstić information content (AvgIpc) is 3.10. The fourth-order valence-electron chi connectivity index (χ4n) is 2.46. The van der Waals surface area contributed by atoms with Crippen molar-refractivity contribution in [1.82, 2.24) is 18.7 Å². The van der Waals surface area contributed by atoms with E-state index in [0.29, 0.717) is 30.6 Å². The molecule has 3 heterocycles. The Labute approximate surface area is 120 Å². The zero-order chi connectivity index (χ0) is 15.0. The van der Waals surface area contributed by atoms with E-state index in [1.54, 1.807) is 31.3 Å². The standard InChI is InChI=1S/C14H16N4O3/c1-16-9-15-12-11(16)13(19)18(14(20)17(12)2)7-3-5-10-6-4-8-21-10/h4,6,8-9H,3,5,7H2,1-2H3. The number of nitrogens with zero attached hydrogens (tertiary/aromatic N) is 4. The van der Waals surface area contributed by atoms with Gasteiger partial charge in [0.05, 0.1) is 12.6 Å². The summed E-state index contributed by atoms with van der Waals surface area (Å²) in [4.78, 5) is 28.8. The Hall–Kier alpha value is -2.57. The van der Waals surface area contributed by atoms with Gasteiger partial charge < -0.3 is 8.98 Å². The van der Waals surface area contributed by atoms with Gasteiger partial charge in [-0.25, -0.2) is 9.78 Å². The van der Waals surface area contributed by atoms with Crippen LogP contribution in [0.3, 0.4) is 0 Å². The van der Waals surface area contributed by atoms with E-state index in [1.807, 2.05) is 12.1 Å². The van der Waals surface area contributed by atoms with Crippen LogP contribution in [-0.4, -0.2) is 18.7 Å². The van der Waals surface area contributed by atoms with Crippen molar-refractivity contribution in [2.24, 2.45) is 14.1 Å². The number of fused-ring (bicyclic) bond motifs is 1. The molecule has 3 aromatic heterocycles. The topological polar surface area (TPSA) is 75.0 Å². The molecule has 0 amide bonds. The minimum Gasteiger partial charge on any atom is -0.469 e. The van der Waals surface area contributed by atoms with Crippen molar-refractivity contribution in [3.8, 4) is 0 Å². The van der Waals surface area contributed by atoms with E-state index in [4.69, 9.17) is 4.42 Å². The molecular formula is C14H16N4O3. The highest BCUT2D eigenvalue weighted by atomic mass is 16.3. The van der Waals surface area contributed by atoms with Crippen molar-refractivity contribution in [2.75, 3.05) is 0 Å². The van der Waals surface area contributed by atoms with Crippen molar-refractivity contribution in [1.29, 1.82) is 0 Å². The summed E-state index contributed by atoms with van der Waals surface area (Å²) in [6.07, 6.45) is 4.50. The van der Waals surface area contributed by atoms with Crippen molar-refractivity contribution in [2.45, 2.75) is 19.4 Å². The third kappa shape index (κ3) is 2.20. The molecule has 0 unspecified atom stereocenters. The van der Waals surface area contributed by atoms with Crippen LogP contribution in [0, 0.1) is 0 Å². The molecule has 3 aromatic rings. The van der Waals surface area contributed by atoms with Gasteiger partial charge in [-0.15, -0.1) is 0 Å². The van der Waals surface area contributed by atoms with Crippen molar-refractivity contribution < 1.29 is 4.42 Å². The Morgan fingerprint density at radius 2 is 2.10 bits per heavy atom. The quantitative estimate of drug-likeness (QED) is 0.707. The maximum Gasteiger partial charge on any atom is 0.332 e. The molecule has 7 nitrogen and oxygen atoms in total. The van der Waals surface area contributed by atoms with Crippen molar-refractivity contribution in [3.05, 3.63) is 51.3 Å². The highest BCUT2D eigenvalue weighted by Gasteiger charge is 2.14. The zero-order valence-electron chi connectivity index (χ0n) is 11.9. The van der Waals surface area contributed by atoms with Crippen LogP contribution in [0.2, 0.25) is 0 Å². The predicted octanol–water partition coefficient (Wildman–Crippen LogP) is 0.659. The Bertz CT molecular complexity index is 883. The Morgan fingerprint density at radius 3 is 2.81 bits per heavy atom. The molecule has 0 N–H and O–H groups in total. The molecule has 0 atom stereocenters. The van der Waals surface area contributed by atoms with Gasteiger partial charge in [0.15, 0.2) is 11.2 Å². The third-order valence-electron chi connectivity index (χ3n) is 3.59. The summed E-state index contributed by atoms with van der Waals surface area (Å²) < 4.78 is 9.55. The molecular weight excluding hydrogens is 272 g/mol. The van der Waals surface area contributed by atoms with E-state index in [-0.39, 0.29) is 11.2 Å². The maximum atomic E-state index is 12.4. The predicted molar refractivity (Wildman–Crippen MR) is 77.2 cm³/mol. The molecule has 0 fully saturated rings. The third-order valence-corrected chi connectivity index (χ3v) is 3.59. The summed E-state index contributed by atoms with van der Waals surface area (Å²) >= 11 is 0. The van der Waals surface area contributed by atoms with Crippen LogP contribution in [0.15, 0.2) is 38.7 Å². The highest BCUT2D eigenvalue weighted by Crippen LogP contribution is 2.05. The monoisotopic (exact) mass is 288 g/mol. The Morgan fingerprint density at radius 1 is 1.29 bits per heavy atom. The fraction of sp³-hybridized carbons (Fsp3) is 0.357. The summed E-state index contributed by atoms with van der Waals surface area (Å²) in [5.74, 6) is 0.849. The van der Waals surface area contributed by atoms with Crippen LogP contribution >= 0.6 is 0 Å². The van der Waals surface area contributed by atoms with Gasteiger partial charge >= 0.3 is 5.69 Å². The van der Waals surface area contributed by atoms with Crippen LogP contribution in [0.25, 0.3) is 11.2 Å². The fourth-order valence-corrected chi connectivity index (χ4v) is 2.46. The minimum atomic E-state index is -0.342. The summed E-state index contributed by atoms with van der Waals surface area (Å²) in [6.45, 7) is 0.354. The summed E-state index contributed by atoms with van der Waals surface area (Å²) in [5, 5.41) is 0. The van der Waals surface area contributed by atoms with E-state index in [1.165, 1.54) is 9.13 Å². The van der Waals surface area contributed by atoms with Gasteiger partial charge in [-0.2, -0.15) is 0 Å². The van der Waals surface area contributed by atoms with Crippen LogP contribution in [0.1, 0.15) is 12.2 Å². The van der Waals surface area contributed by atoms with E-state index in [2.05, 4.69) is 4.98 Å². The van der Waals surface area contributed by atoms with E-state index in [9.17, 15) is 9.59 Å². The van der Waals surface area contributed by atoms with Gasteiger partial charge in [0, 0.05) is 27.1 Å². The van der Waals surface area contributed by atoms with Crippen molar-refractivity contribution >= 4 is 11.2 Å². The van der Waals surface area contributed by atoms with Crippen molar-refractivity contribution in [3.63, 3.8) is 0 Å². The van der Waals surface area contributed by atoms with Crippen LogP contribution < -0.4 is 11.2 Å². The lowest BCUT2D eigenvalue weighted by Gasteiger charge is -2.08. The summed E-state index contributed by atoms with van der Waals surface area (Å²) in [6, 6.07) is 3.70. The summed E-state index contributed by atoms with van der Waals surface area (Å²) in [7, 11) is 3.37. The second-order valence-corrected chi connectivity index (χ2v) is 5.01. The molecule has 0 saturated heterocycles. The van der Waals surface area contributed by atoms with Gasteiger partial charge in [-0.3, -0.25) is 13.9 Å². The van der Waals surface area contributed by atoms with Gasteiger partial charge in [-0.05, 0) is 18.6 Å². The number of rotatable bonds is 4. The molecule has 0 aliphatic rings. The molecule has 7 heteroatoms. The Kier molecular flexibility index (Phi) is 3.25. The first-order chi connectivity index (χ1) is 10.1. The number of aryl methyl sites for hydroxylation is 3. The van der Waals surface area contributed by atoms with Gasteiger partial charge in [0.1, 0.15) is 5.76 Å². The lowest BCUT2D eigenvalue weighted by Crippen LogP contribution is -2.39. The number of hydrogen-bond acceptors (Lipinski definition) is 4. The average molecular weight is 288 g/mol. The first kappa shape index (κ1) is 13.4. The molecule has 0 aliphatic heterocycles. The normalized spacial score (nSPS) is 11.3. The number of furan rings is 1. The SMILES string of the molecule is Cn1cnc2c1c(=O)n(CCCc1ccco1)c(=O)n2C. The molecule has 0 radical (unpaired) electrons. The number of aromatic nitrogens is 4. The largest absolute Gasteiger partial charge is 0.469 e. The maximum absolute atomic E-state index is 12.4. The second-order valence-electron chi connectivity index (χ2n) is 5.01. The smallest absolute Gasteiger partial charge is 0.332 e. The molecule has 0 saturated carbocycles. The van der Waals surface area contributed by atoms with E-state index >= 15 is 0 Å². The lowest BCUT2D eigenvalue weighted by molar-refractivity contribution is 0.482. The minimum absolute atomic E-state index is 0.299. The number of imidazole rings is 1. The molecule has 0 aromatic carbocycles. The van der Waals surface area contributed by atoms with Crippen LogP contribution in [0.4, 0.5) is 0 Å². The molecule has 0 spiro atoms. The van der Waals surface area contributed by atoms with Crippen LogP contribution in [-0.2, 0) is 27.1 Å². The van der Waals surface area contributed by atoms with E-state index in [0.717, 1.165) is 5.76 Å². The highest BCUT2D eigenvalue weighted by molar-refractivity contribution is 5.69. The molecule has 110 valence electrons. The molecule has 3 rings (SSSR count). The molecule has 21 heavy (non-hydrogen) atoms. The Balaban J connectivity index is 1.96. The van der Waals surface area contributed by atoms with Crippen LogP contribution in [0.5, 0.6) is 0 Å². The van der Waals surface area contributed by atoms with E-state index < -0.39 is 0 Å².